The summed E-state index contributed by atoms with van der Waals surface area (Å²) in [7, 11) is 2.06. The Labute approximate surface area is 114 Å². The fraction of sp³-hybridized carbons (Fsp3) is 0.846. The molecule has 0 radical (unpaired) electrons. The number of hydrogen-bond donors (Lipinski definition) is 2. The molecule has 2 N–H and O–H groups in total. The minimum absolute atomic E-state index is 0.0265. The van der Waals surface area contributed by atoms with E-state index in [9.17, 15) is 9.59 Å². The summed E-state index contributed by atoms with van der Waals surface area (Å²) in [6.07, 6.45) is 3.77. The average molecular weight is 271 g/mol. The monoisotopic (exact) mass is 271 g/mol. The summed E-state index contributed by atoms with van der Waals surface area (Å²) in [6.45, 7) is 4.13. The molecule has 1 saturated heterocycles. The molecule has 2 amide bonds. The highest BCUT2D eigenvalue weighted by molar-refractivity contribution is 5.74. The van der Waals surface area contributed by atoms with Crippen molar-refractivity contribution in [3.63, 3.8) is 0 Å². The molecule has 1 fully saturated rings. The van der Waals surface area contributed by atoms with Crippen molar-refractivity contribution in [3.8, 4) is 0 Å². The standard InChI is InChI=1S/C13H25N3O3/c1-15-8-10-16(11-9-15)13(19)14-7-5-3-2-4-6-12(17)18/h2-11H2,1H3,(H,14,19)(H,17,18). The molecule has 110 valence electrons. The van der Waals surface area contributed by atoms with Crippen molar-refractivity contribution in [1.29, 1.82) is 0 Å². The summed E-state index contributed by atoms with van der Waals surface area (Å²) >= 11 is 0. The molecule has 6 nitrogen and oxygen atoms in total. The van der Waals surface area contributed by atoms with Gasteiger partial charge in [-0.1, -0.05) is 12.8 Å². The van der Waals surface area contributed by atoms with E-state index in [0.717, 1.165) is 51.9 Å². The zero-order valence-electron chi connectivity index (χ0n) is 11.7. The van der Waals surface area contributed by atoms with E-state index in [-0.39, 0.29) is 12.5 Å². The van der Waals surface area contributed by atoms with E-state index in [0.29, 0.717) is 6.54 Å². The van der Waals surface area contributed by atoms with Crippen LogP contribution in [-0.4, -0.2) is 66.7 Å². The van der Waals surface area contributed by atoms with Crippen LogP contribution in [0.4, 0.5) is 4.79 Å². The SMILES string of the molecule is CN1CCN(C(=O)NCCCCCCC(=O)O)CC1. The van der Waals surface area contributed by atoms with Gasteiger partial charge in [-0.2, -0.15) is 0 Å². The Morgan fingerprint density at radius 1 is 1.05 bits per heavy atom. The maximum atomic E-state index is 11.8. The third-order valence-electron chi connectivity index (χ3n) is 3.38. The van der Waals surface area contributed by atoms with Crippen molar-refractivity contribution in [2.75, 3.05) is 39.8 Å². The minimum Gasteiger partial charge on any atom is -0.481 e. The highest BCUT2D eigenvalue weighted by Gasteiger charge is 2.17. The van der Waals surface area contributed by atoms with Gasteiger partial charge in [0.2, 0.25) is 0 Å². The second-order valence-electron chi connectivity index (χ2n) is 5.08. The Balaban J connectivity index is 1.97. The molecular formula is C13H25N3O3. The summed E-state index contributed by atoms with van der Waals surface area (Å²) in [5.74, 6) is -0.733. The molecular weight excluding hydrogens is 246 g/mol. The second-order valence-corrected chi connectivity index (χ2v) is 5.08. The number of piperazine rings is 1. The van der Waals surface area contributed by atoms with E-state index in [1.165, 1.54) is 0 Å². The Morgan fingerprint density at radius 3 is 2.32 bits per heavy atom. The Kier molecular flexibility index (Phi) is 7.25. The number of carbonyl (C=O) groups excluding carboxylic acids is 1. The largest absolute Gasteiger partial charge is 0.481 e. The van der Waals surface area contributed by atoms with Gasteiger partial charge in [0.05, 0.1) is 0 Å². The number of amides is 2. The van der Waals surface area contributed by atoms with Crippen LogP contribution >= 0.6 is 0 Å². The maximum Gasteiger partial charge on any atom is 0.317 e. The highest BCUT2D eigenvalue weighted by Crippen LogP contribution is 2.03. The normalized spacial score (nSPS) is 16.4. The summed E-state index contributed by atoms with van der Waals surface area (Å²) in [5.41, 5.74) is 0. The first-order valence-electron chi connectivity index (χ1n) is 7.02. The number of nitrogens with zero attached hydrogens (tertiary/aromatic N) is 2. The first kappa shape index (κ1) is 15.8. The molecule has 0 aliphatic carbocycles. The molecule has 1 aliphatic rings. The van der Waals surface area contributed by atoms with E-state index in [2.05, 4.69) is 17.3 Å². The van der Waals surface area contributed by atoms with Gasteiger partial charge in [-0.3, -0.25) is 4.79 Å². The van der Waals surface area contributed by atoms with Gasteiger partial charge in [0, 0.05) is 39.1 Å². The lowest BCUT2D eigenvalue weighted by Gasteiger charge is -2.32. The number of carbonyl (C=O) groups is 2. The lowest BCUT2D eigenvalue weighted by atomic mass is 10.1. The molecule has 0 aromatic rings. The summed E-state index contributed by atoms with van der Waals surface area (Å²) in [4.78, 5) is 26.2. The summed E-state index contributed by atoms with van der Waals surface area (Å²) in [5, 5.41) is 11.4. The molecule has 1 aliphatic heterocycles. The van der Waals surface area contributed by atoms with Crippen LogP contribution in [-0.2, 0) is 4.79 Å². The number of nitrogens with one attached hydrogen (secondary N) is 1. The van der Waals surface area contributed by atoms with Crippen LogP contribution in [0.2, 0.25) is 0 Å². The number of urea groups is 1. The Morgan fingerprint density at radius 2 is 1.68 bits per heavy atom. The lowest BCUT2D eigenvalue weighted by Crippen LogP contribution is -2.50. The smallest absolute Gasteiger partial charge is 0.317 e. The van der Waals surface area contributed by atoms with E-state index in [4.69, 9.17) is 5.11 Å². The quantitative estimate of drug-likeness (QED) is 0.677. The van der Waals surface area contributed by atoms with Gasteiger partial charge in [-0.05, 0) is 19.9 Å². The van der Waals surface area contributed by atoms with Gasteiger partial charge in [0.25, 0.3) is 0 Å². The lowest BCUT2D eigenvalue weighted by molar-refractivity contribution is -0.137. The highest BCUT2D eigenvalue weighted by atomic mass is 16.4. The number of rotatable bonds is 7. The molecule has 0 spiro atoms. The zero-order chi connectivity index (χ0) is 14.1. The summed E-state index contributed by atoms with van der Waals surface area (Å²) < 4.78 is 0. The van der Waals surface area contributed by atoms with E-state index in [1.807, 2.05) is 4.90 Å². The number of carboxylic acid groups (broad SMARTS) is 1. The third-order valence-corrected chi connectivity index (χ3v) is 3.38. The van der Waals surface area contributed by atoms with Crippen LogP contribution in [0.5, 0.6) is 0 Å². The fourth-order valence-corrected chi connectivity index (χ4v) is 2.07. The van der Waals surface area contributed by atoms with Crippen LogP contribution in [0.25, 0.3) is 0 Å². The van der Waals surface area contributed by atoms with Gasteiger partial charge < -0.3 is 20.2 Å². The number of aliphatic carboxylic acids is 1. The Bertz CT molecular complexity index is 289. The predicted molar refractivity (Wildman–Crippen MR) is 73.2 cm³/mol. The van der Waals surface area contributed by atoms with Crippen molar-refractivity contribution in [1.82, 2.24) is 15.1 Å². The Hall–Kier alpha value is -1.30. The molecule has 0 unspecified atom stereocenters. The van der Waals surface area contributed by atoms with Crippen molar-refractivity contribution in [2.45, 2.75) is 32.1 Å². The van der Waals surface area contributed by atoms with E-state index >= 15 is 0 Å². The average Bonchev–Trinajstić information content (AvgIpc) is 2.38. The molecule has 19 heavy (non-hydrogen) atoms. The van der Waals surface area contributed by atoms with Gasteiger partial charge in [-0.15, -0.1) is 0 Å². The van der Waals surface area contributed by atoms with Gasteiger partial charge in [0.1, 0.15) is 0 Å². The fourth-order valence-electron chi connectivity index (χ4n) is 2.07. The molecule has 1 rings (SSSR count). The van der Waals surface area contributed by atoms with Gasteiger partial charge in [-0.25, -0.2) is 4.79 Å². The molecule has 0 bridgehead atoms. The van der Waals surface area contributed by atoms with Gasteiger partial charge >= 0.3 is 12.0 Å². The van der Waals surface area contributed by atoms with Crippen molar-refractivity contribution in [2.24, 2.45) is 0 Å². The number of unbranched alkanes of at least 4 members (excludes halogenated alkanes) is 3. The predicted octanol–water partition coefficient (Wildman–Crippen LogP) is 0.978. The number of likely N-dealkylation sites (N-methyl/N-ethyl adjacent to an activating group) is 1. The van der Waals surface area contributed by atoms with Crippen LogP contribution in [0.15, 0.2) is 0 Å². The van der Waals surface area contributed by atoms with Crippen LogP contribution < -0.4 is 5.32 Å². The molecule has 0 aromatic carbocycles. The van der Waals surface area contributed by atoms with Crippen LogP contribution in [0.1, 0.15) is 32.1 Å². The molecule has 0 atom stereocenters. The number of carboxylic acids is 1. The molecule has 0 saturated carbocycles. The maximum absolute atomic E-state index is 11.8. The topological polar surface area (TPSA) is 72.9 Å². The zero-order valence-corrected chi connectivity index (χ0v) is 11.7. The van der Waals surface area contributed by atoms with Crippen molar-refractivity contribution in [3.05, 3.63) is 0 Å². The molecule has 1 heterocycles. The minimum atomic E-state index is -0.733. The first-order chi connectivity index (χ1) is 9.09. The number of hydrogen-bond acceptors (Lipinski definition) is 3. The van der Waals surface area contributed by atoms with E-state index < -0.39 is 5.97 Å². The van der Waals surface area contributed by atoms with Crippen LogP contribution in [0, 0.1) is 0 Å². The van der Waals surface area contributed by atoms with Crippen molar-refractivity contribution >= 4 is 12.0 Å². The molecule has 6 heteroatoms. The van der Waals surface area contributed by atoms with E-state index in [1.54, 1.807) is 0 Å². The molecule has 0 aromatic heterocycles. The second kappa shape index (κ2) is 8.74. The third kappa shape index (κ3) is 7.00. The summed E-state index contributed by atoms with van der Waals surface area (Å²) in [6, 6.07) is 0.0265. The van der Waals surface area contributed by atoms with Gasteiger partial charge in [0.15, 0.2) is 0 Å². The first-order valence-corrected chi connectivity index (χ1v) is 7.02. The van der Waals surface area contributed by atoms with Crippen LogP contribution in [0.3, 0.4) is 0 Å². The van der Waals surface area contributed by atoms with Crippen molar-refractivity contribution < 1.29 is 14.7 Å².